The van der Waals surface area contributed by atoms with Gasteiger partial charge < -0.3 is 10.2 Å². The van der Waals surface area contributed by atoms with Gasteiger partial charge in [0.15, 0.2) is 0 Å². The van der Waals surface area contributed by atoms with Gasteiger partial charge in [-0.2, -0.15) is 5.10 Å². The fourth-order valence-electron chi connectivity index (χ4n) is 2.60. The molecular weight excluding hydrogens is 266 g/mol. The van der Waals surface area contributed by atoms with E-state index in [2.05, 4.69) is 15.4 Å². The van der Waals surface area contributed by atoms with Gasteiger partial charge in [0.25, 0.3) is 0 Å². The molecule has 110 valence electrons. The van der Waals surface area contributed by atoms with Crippen molar-refractivity contribution in [3.05, 3.63) is 48.0 Å². The van der Waals surface area contributed by atoms with Crippen LogP contribution in [-0.4, -0.2) is 39.2 Å². The van der Waals surface area contributed by atoms with Crippen LogP contribution < -0.4 is 5.32 Å². The van der Waals surface area contributed by atoms with Crippen molar-refractivity contribution in [3.63, 3.8) is 0 Å². The van der Waals surface area contributed by atoms with E-state index in [0.29, 0.717) is 13.0 Å². The maximum absolute atomic E-state index is 12.4. The van der Waals surface area contributed by atoms with Crippen LogP contribution in [0.2, 0.25) is 0 Å². The van der Waals surface area contributed by atoms with Crippen LogP contribution in [0.1, 0.15) is 23.9 Å². The Kier molecular flexibility index (Phi) is 3.96. The Morgan fingerprint density at radius 2 is 2.33 bits per heavy atom. The minimum Gasteiger partial charge on any atom is -0.340 e. The second-order valence-electron chi connectivity index (χ2n) is 5.33. The number of carbonyl (C=O) groups is 1. The average Bonchev–Trinajstić information content (AvgIpc) is 2.98. The minimum atomic E-state index is 0.0856. The molecule has 1 amide bonds. The van der Waals surface area contributed by atoms with E-state index in [9.17, 15) is 4.79 Å². The summed E-state index contributed by atoms with van der Waals surface area (Å²) < 4.78 is 1.96. The summed E-state index contributed by atoms with van der Waals surface area (Å²) in [7, 11) is 1.82. The van der Waals surface area contributed by atoms with Crippen molar-refractivity contribution >= 4 is 5.91 Å². The van der Waals surface area contributed by atoms with Crippen molar-refractivity contribution in [1.82, 2.24) is 25.0 Å². The number of aromatic nitrogens is 3. The molecule has 0 saturated carbocycles. The average molecular weight is 285 g/mol. The van der Waals surface area contributed by atoms with Crippen molar-refractivity contribution in [2.75, 3.05) is 13.6 Å². The Labute approximate surface area is 123 Å². The highest BCUT2D eigenvalue weighted by atomic mass is 16.2. The third-order valence-corrected chi connectivity index (χ3v) is 3.75. The molecule has 21 heavy (non-hydrogen) atoms. The fraction of sp³-hybridized carbons (Fsp3) is 0.400. The number of rotatable bonds is 4. The summed E-state index contributed by atoms with van der Waals surface area (Å²) in [6.45, 7) is 2.12. The zero-order chi connectivity index (χ0) is 14.7. The molecule has 0 bridgehead atoms. The van der Waals surface area contributed by atoms with Crippen LogP contribution in [0, 0.1) is 0 Å². The summed E-state index contributed by atoms with van der Waals surface area (Å²) in [6.07, 6.45) is 3.98. The van der Waals surface area contributed by atoms with Crippen molar-refractivity contribution in [3.8, 4) is 0 Å². The number of nitrogens with one attached hydrogen (secondary N) is 1. The fourth-order valence-corrected chi connectivity index (χ4v) is 2.60. The van der Waals surface area contributed by atoms with Crippen LogP contribution in [0.15, 0.2) is 36.7 Å². The highest BCUT2D eigenvalue weighted by Crippen LogP contribution is 2.18. The first-order valence-corrected chi connectivity index (χ1v) is 7.11. The number of hydrogen-bond acceptors (Lipinski definition) is 4. The lowest BCUT2D eigenvalue weighted by molar-refractivity contribution is -0.131. The Bertz CT molecular complexity index is 610. The molecule has 6 heteroatoms. The number of nitrogens with zero attached hydrogens (tertiary/aromatic N) is 4. The first-order chi connectivity index (χ1) is 10.2. The predicted octanol–water partition coefficient (Wildman–Crippen LogP) is 0.971. The highest BCUT2D eigenvalue weighted by Gasteiger charge is 2.23. The first kappa shape index (κ1) is 13.8. The van der Waals surface area contributed by atoms with Gasteiger partial charge in [-0.15, -0.1) is 0 Å². The summed E-state index contributed by atoms with van der Waals surface area (Å²) in [4.78, 5) is 18.4. The monoisotopic (exact) mass is 285 g/mol. The van der Waals surface area contributed by atoms with Crippen LogP contribution in [0.4, 0.5) is 0 Å². The van der Waals surface area contributed by atoms with Gasteiger partial charge in [0.1, 0.15) is 0 Å². The third kappa shape index (κ3) is 3.11. The van der Waals surface area contributed by atoms with Gasteiger partial charge in [0.2, 0.25) is 5.91 Å². The van der Waals surface area contributed by atoms with Gasteiger partial charge in [-0.25, -0.2) is 0 Å². The Hall–Kier alpha value is -2.21. The number of pyridine rings is 1. The summed E-state index contributed by atoms with van der Waals surface area (Å²) in [5.74, 6) is 0.107. The van der Waals surface area contributed by atoms with Crippen LogP contribution in [-0.2, 0) is 17.9 Å². The molecule has 6 nitrogen and oxygen atoms in total. The summed E-state index contributed by atoms with van der Waals surface area (Å²) in [5, 5.41) is 7.66. The summed E-state index contributed by atoms with van der Waals surface area (Å²) in [6, 6.07) is 7.81. The van der Waals surface area contributed by atoms with Gasteiger partial charge in [-0.05, 0) is 18.2 Å². The van der Waals surface area contributed by atoms with E-state index in [1.54, 1.807) is 17.3 Å². The molecule has 0 spiro atoms. The predicted molar refractivity (Wildman–Crippen MR) is 78.3 cm³/mol. The van der Waals surface area contributed by atoms with E-state index in [1.807, 2.05) is 36.0 Å². The van der Waals surface area contributed by atoms with E-state index >= 15 is 0 Å². The van der Waals surface area contributed by atoms with E-state index in [4.69, 9.17) is 0 Å². The zero-order valence-electron chi connectivity index (χ0n) is 12.1. The zero-order valence-corrected chi connectivity index (χ0v) is 12.1. The highest BCUT2D eigenvalue weighted by molar-refractivity contribution is 5.76. The maximum Gasteiger partial charge on any atom is 0.224 e. The van der Waals surface area contributed by atoms with Crippen molar-refractivity contribution < 1.29 is 4.79 Å². The SMILES string of the molecule is CN(Cc1ccccn1)C(=O)C[C@@H]1CNCc2ccnn21. The third-order valence-electron chi connectivity index (χ3n) is 3.75. The molecule has 1 aliphatic rings. The second-order valence-corrected chi connectivity index (χ2v) is 5.33. The molecule has 0 fully saturated rings. The molecule has 1 aliphatic heterocycles. The topological polar surface area (TPSA) is 63.1 Å². The summed E-state index contributed by atoms with van der Waals surface area (Å²) >= 11 is 0. The second kappa shape index (κ2) is 6.05. The minimum absolute atomic E-state index is 0.0856. The van der Waals surface area contributed by atoms with Gasteiger partial charge in [-0.1, -0.05) is 6.07 Å². The molecule has 0 saturated heterocycles. The normalized spacial score (nSPS) is 17.3. The molecule has 0 unspecified atom stereocenters. The molecule has 1 atom stereocenters. The van der Waals surface area contributed by atoms with Crippen LogP contribution in [0.3, 0.4) is 0 Å². The Morgan fingerprint density at radius 1 is 1.43 bits per heavy atom. The molecular formula is C15H19N5O. The standard InChI is InChI=1S/C15H19N5O/c1-19(11-12-4-2-3-6-17-12)15(21)8-14-10-16-9-13-5-7-18-20(13)14/h2-7,14,16H,8-11H2,1H3/t14-/m1/s1. The lowest BCUT2D eigenvalue weighted by Crippen LogP contribution is -2.37. The molecule has 3 heterocycles. The first-order valence-electron chi connectivity index (χ1n) is 7.11. The molecule has 3 rings (SSSR count). The Balaban J connectivity index is 1.62. The molecule has 1 N–H and O–H groups in total. The van der Waals surface area contributed by atoms with Gasteiger partial charge in [0, 0.05) is 32.5 Å². The number of fused-ring (bicyclic) bond motifs is 1. The van der Waals surface area contributed by atoms with Crippen LogP contribution in [0.25, 0.3) is 0 Å². The van der Waals surface area contributed by atoms with Crippen LogP contribution in [0.5, 0.6) is 0 Å². The van der Waals surface area contributed by atoms with Crippen molar-refractivity contribution in [2.24, 2.45) is 0 Å². The van der Waals surface area contributed by atoms with Gasteiger partial charge in [-0.3, -0.25) is 14.5 Å². The van der Waals surface area contributed by atoms with Crippen molar-refractivity contribution in [2.45, 2.75) is 25.6 Å². The summed E-state index contributed by atoms with van der Waals surface area (Å²) in [5.41, 5.74) is 2.03. The number of amides is 1. The Morgan fingerprint density at radius 3 is 3.14 bits per heavy atom. The van der Waals surface area contributed by atoms with Gasteiger partial charge >= 0.3 is 0 Å². The van der Waals surface area contributed by atoms with Gasteiger partial charge in [0.05, 0.1) is 30.4 Å². The molecule has 2 aromatic rings. The van der Waals surface area contributed by atoms with E-state index in [-0.39, 0.29) is 11.9 Å². The van der Waals surface area contributed by atoms with E-state index < -0.39 is 0 Å². The van der Waals surface area contributed by atoms with Crippen LogP contribution >= 0.6 is 0 Å². The molecule has 0 aromatic carbocycles. The molecule has 0 radical (unpaired) electrons. The van der Waals surface area contributed by atoms with E-state index in [1.165, 1.54) is 0 Å². The quantitative estimate of drug-likeness (QED) is 0.909. The number of hydrogen-bond donors (Lipinski definition) is 1. The molecule has 0 aliphatic carbocycles. The smallest absolute Gasteiger partial charge is 0.224 e. The lowest BCUT2D eigenvalue weighted by Gasteiger charge is -2.27. The maximum atomic E-state index is 12.4. The van der Waals surface area contributed by atoms with Crippen molar-refractivity contribution in [1.29, 1.82) is 0 Å². The largest absolute Gasteiger partial charge is 0.340 e. The van der Waals surface area contributed by atoms with E-state index in [0.717, 1.165) is 24.5 Å². The lowest BCUT2D eigenvalue weighted by atomic mass is 10.1. The molecule has 2 aromatic heterocycles. The number of carbonyl (C=O) groups excluding carboxylic acids is 1.